The normalized spacial score (nSPS) is 15.0. The first-order valence-electron chi connectivity index (χ1n) is 10.1. The van der Waals surface area contributed by atoms with E-state index in [1.807, 2.05) is 26.0 Å². The monoisotopic (exact) mass is 435 g/mol. The molecular weight excluding hydrogens is 406 g/mol. The minimum atomic E-state index is -4.15. The van der Waals surface area contributed by atoms with E-state index in [2.05, 4.69) is 21.2 Å². The summed E-state index contributed by atoms with van der Waals surface area (Å²) in [4.78, 5) is 12.6. The first-order valence-corrected chi connectivity index (χ1v) is 11.6. The van der Waals surface area contributed by atoms with Crippen LogP contribution >= 0.6 is 0 Å². The highest BCUT2D eigenvalue weighted by atomic mass is 32.2. The van der Waals surface area contributed by atoms with Crippen LogP contribution in [0.1, 0.15) is 37.8 Å². The number of urea groups is 1. The summed E-state index contributed by atoms with van der Waals surface area (Å²) in [5, 5.41) is 6.74. The molecule has 2 amide bonds. The highest BCUT2D eigenvalue weighted by Gasteiger charge is 2.33. The molecular formula is C20H29N5O4S. The fourth-order valence-electron chi connectivity index (χ4n) is 3.55. The molecule has 2 N–H and O–H groups in total. The lowest BCUT2D eigenvalue weighted by Gasteiger charge is -2.33. The topological polar surface area (TPSA) is 106 Å². The molecule has 0 radical (unpaired) electrons. The zero-order valence-corrected chi connectivity index (χ0v) is 18.4. The van der Waals surface area contributed by atoms with Crippen molar-refractivity contribution in [3.63, 3.8) is 0 Å². The third-order valence-electron chi connectivity index (χ3n) is 5.08. The van der Waals surface area contributed by atoms with Crippen molar-refractivity contribution < 1.29 is 17.9 Å². The first kappa shape index (κ1) is 22.1. The summed E-state index contributed by atoms with van der Waals surface area (Å²) < 4.78 is 36.6. The van der Waals surface area contributed by atoms with E-state index < -0.39 is 16.2 Å². The van der Waals surface area contributed by atoms with Crippen LogP contribution in [0.5, 0.6) is 0 Å². The lowest BCUT2D eigenvalue weighted by molar-refractivity contribution is 0.0875. The molecule has 1 aromatic carbocycles. The fraction of sp³-hybridized carbons (Fsp3) is 0.500. The fourth-order valence-corrected chi connectivity index (χ4v) is 4.91. The maximum absolute atomic E-state index is 13.2. The standard InChI is InChI=1S/C20H29N5O4S/c1-4-15-10-16(5-2)12-17(11-15)22-20(26)23-30(27,28)25(18-6-8-29-9-7-18)19-13-21-24(3)14-19/h10-14,18H,4-9H2,1-3H3,(H2,22,23,26). The van der Waals surface area contributed by atoms with Crippen molar-refractivity contribution in [3.8, 4) is 0 Å². The van der Waals surface area contributed by atoms with Crippen LogP contribution in [-0.2, 0) is 34.8 Å². The largest absolute Gasteiger partial charge is 0.381 e. The average molecular weight is 436 g/mol. The molecule has 0 saturated carbocycles. The van der Waals surface area contributed by atoms with E-state index in [1.54, 1.807) is 13.2 Å². The predicted molar refractivity (Wildman–Crippen MR) is 116 cm³/mol. The van der Waals surface area contributed by atoms with Crippen molar-refractivity contribution in [2.75, 3.05) is 22.8 Å². The molecule has 0 bridgehead atoms. The van der Waals surface area contributed by atoms with Gasteiger partial charge in [-0.3, -0.25) is 4.68 Å². The van der Waals surface area contributed by atoms with Crippen LogP contribution in [0.3, 0.4) is 0 Å². The van der Waals surface area contributed by atoms with Crippen LogP contribution in [0.4, 0.5) is 16.2 Å². The van der Waals surface area contributed by atoms with Gasteiger partial charge in [-0.1, -0.05) is 19.9 Å². The van der Waals surface area contributed by atoms with Gasteiger partial charge in [0.25, 0.3) is 0 Å². The zero-order chi connectivity index (χ0) is 21.7. The third kappa shape index (κ3) is 5.31. The van der Waals surface area contributed by atoms with Gasteiger partial charge in [-0.2, -0.15) is 13.5 Å². The van der Waals surface area contributed by atoms with Crippen molar-refractivity contribution in [1.29, 1.82) is 0 Å². The summed E-state index contributed by atoms with van der Waals surface area (Å²) in [7, 11) is -2.44. The molecule has 1 aromatic heterocycles. The molecule has 1 saturated heterocycles. The molecule has 0 atom stereocenters. The number of anilines is 2. The summed E-state index contributed by atoms with van der Waals surface area (Å²) in [5.41, 5.74) is 3.13. The van der Waals surface area contributed by atoms with Gasteiger partial charge in [0.15, 0.2) is 0 Å². The number of nitrogens with zero attached hydrogens (tertiary/aromatic N) is 3. The summed E-state index contributed by atoms with van der Waals surface area (Å²) in [5.74, 6) is 0. The molecule has 1 fully saturated rings. The number of aryl methyl sites for hydroxylation is 3. The molecule has 3 rings (SSSR count). The van der Waals surface area contributed by atoms with Gasteiger partial charge in [0.05, 0.1) is 17.9 Å². The molecule has 2 heterocycles. The van der Waals surface area contributed by atoms with Crippen molar-refractivity contribution >= 4 is 27.6 Å². The molecule has 0 spiro atoms. The predicted octanol–water partition coefficient (Wildman–Crippen LogP) is 2.60. The van der Waals surface area contributed by atoms with E-state index in [0.717, 1.165) is 24.0 Å². The zero-order valence-electron chi connectivity index (χ0n) is 17.6. The minimum Gasteiger partial charge on any atom is -0.381 e. The molecule has 10 heteroatoms. The van der Waals surface area contributed by atoms with Gasteiger partial charge in [0.1, 0.15) is 0 Å². The number of carbonyl (C=O) groups is 1. The summed E-state index contributed by atoms with van der Waals surface area (Å²) >= 11 is 0. The first-order chi connectivity index (χ1) is 14.3. The molecule has 0 unspecified atom stereocenters. The van der Waals surface area contributed by atoms with Gasteiger partial charge in [0.2, 0.25) is 0 Å². The number of ether oxygens (including phenoxy) is 1. The number of rotatable bonds is 7. The van der Waals surface area contributed by atoms with Gasteiger partial charge in [-0.05, 0) is 48.9 Å². The van der Waals surface area contributed by atoms with Crippen LogP contribution in [0, 0.1) is 0 Å². The van der Waals surface area contributed by atoms with Crippen molar-refractivity contribution in [1.82, 2.24) is 14.5 Å². The summed E-state index contributed by atoms with van der Waals surface area (Å²) in [6.45, 7) is 4.99. The van der Waals surface area contributed by atoms with E-state index in [0.29, 0.717) is 37.4 Å². The van der Waals surface area contributed by atoms with Crippen LogP contribution < -0.4 is 14.3 Å². The van der Waals surface area contributed by atoms with E-state index in [4.69, 9.17) is 4.74 Å². The summed E-state index contributed by atoms with van der Waals surface area (Å²) in [6.07, 6.45) is 5.81. The number of amides is 2. The van der Waals surface area contributed by atoms with Gasteiger partial charge in [-0.25, -0.2) is 13.8 Å². The Labute approximate surface area is 177 Å². The Balaban J connectivity index is 1.81. The Bertz CT molecular complexity index is 961. The Morgan fingerprint density at radius 1 is 1.20 bits per heavy atom. The number of hydrogen-bond donors (Lipinski definition) is 2. The third-order valence-corrected chi connectivity index (χ3v) is 6.55. The number of benzene rings is 1. The number of hydrogen-bond acceptors (Lipinski definition) is 5. The average Bonchev–Trinajstić information content (AvgIpc) is 3.13. The molecule has 30 heavy (non-hydrogen) atoms. The van der Waals surface area contributed by atoms with Crippen LogP contribution in [0.2, 0.25) is 0 Å². The Hall–Kier alpha value is -2.59. The van der Waals surface area contributed by atoms with E-state index in [-0.39, 0.29) is 6.04 Å². The van der Waals surface area contributed by atoms with Crippen LogP contribution in [-0.4, -0.2) is 43.5 Å². The SMILES string of the molecule is CCc1cc(CC)cc(NC(=O)NS(=O)(=O)N(c2cnn(C)c2)C2CCOCC2)c1. The molecule has 164 valence electrons. The number of aromatic nitrogens is 2. The van der Waals surface area contributed by atoms with Crippen LogP contribution in [0.25, 0.3) is 0 Å². The van der Waals surface area contributed by atoms with Gasteiger partial charge in [0, 0.05) is 32.1 Å². The summed E-state index contributed by atoms with van der Waals surface area (Å²) in [6, 6.07) is 4.66. The second-order valence-corrected chi connectivity index (χ2v) is 8.87. The minimum absolute atomic E-state index is 0.316. The van der Waals surface area contributed by atoms with E-state index >= 15 is 0 Å². The highest BCUT2D eigenvalue weighted by Crippen LogP contribution is 2.25. The van der Waals surface area contributed by atoms with Gasteiger partial charge in [-0.15, -0.1) is 0 Å². The second-order valence-electron chi connectivity index (χ2n) is 7.32. The molecule has 9 nitrogen and oxygen atoms in total. The van der Waals surface area contributed by atoms with Crippen molar-refractivity contribution in [2.24, 2.45) is 7.05 Å². The lowest BCUT2D eigenvalue weighted by Crippen LogP contribution is -2.51. The Kier molecular flexibility index (Phi) is 6.99. The van der Waals surface area contributed by atoms with E-state index in [9.17, 15) is 13.2 Å². The Morgan fingerprint density at radius 2 is 1.83 bits per heavy atom. The van der Waals surface area contributed by atoms with E-state index in [1.165, 1.54) is 15.2 Å². The second kappa shape index (κ2) is 9.48. The number of nitrogens with one attached hydrogen (secondary N) is 2. The quantitative estimate of drug-likeness (QED) is 0.695. The number of carbonyl (C=O) groups excluding carboxylic acids is 1. The van der Waals surface area contributed by atoms with Crippen molar-refractivity contribution in [2.45, 2.75) is 45.6 Å². The van der Waals surface area contributed by atoms with Gasteiger partial charge < -0.3 is 10.1 Å². The molecule has 2 aromatic rings. The lowest BCUT2D eigenvalue weighted by atomic mass is 10.1. The molecule has 0 aliphatic carbocycles. The van der Waals surface area contributed by atoms with Gasteiger partial charge >= 0.3 is 16.2 Å². The maximum Gasteiger partial charge on any atom is 0.334 e. The highest BCUT2D eigenvalue weighted by molar-refractivity contribution is 7.91. The Morgan fingerprint density at radius 3 is 2.37 bits per heavy atom. The molecule has 1 aliphatic heterocycles. The smallest absolute Gasteiger partial charge is 0.334 e. The maximum atomic E-state index is 13.2. The molecule has 1 aliphatic rings. The van der Waals surface area contributed by atoms with Crippen molar-refractivity contribution in [3.05, 3.63) is 41.7 Å². The van der Waals surface area contributed by atoms with Crippen LogP contribution in [0.15, 0.2) is 30.6 Å².